The van der Waals surface area contributed by atoms with Crippen LogP contribution in [0.15, 0.2) is 42.5 Å². The Bertz CT molecular complexity index is 764. The highest BCUT2D eigenvalue weighted by molar-refractivity contribution is 5.76. The number of rotatable bonds is 6. The van der Waals surface area contributed by atoms with Crippen LogP contribution in [0.5, 0.6) is 11.5 Å². The first-order valence-corrected chi connectivity index (χ1v) is 8.40. The van der Waals surface area contributed by atoms with Crippen molar-refractivity contribution in [1.29, 1.82) is 0 Å². The Kier molecular flexibility index (Phi) is 6.14. The Morgan fingerprint density at radius 1 is 1.19 bits per heavy atom. The van der Waals surface area contributed by atoms with Crippen LogP contribution in [-0.4, -0.2) is 31.7 Å². The maximum atomic E-state index is 14.2. The van der Waals surface area contributed by atoms with E-state index in [1.165, 1.54) is 30.3 Å². The van der Waals surface area contributed by atoms with Gasteiger partial charge in [0, 0.05) is 25.6 Å². The number of benzene rings is 2. The number of morpholine rings is 1. The third-order valence-electron chi connectivity index (χ3n) is 3.97. The van der Waals surface area contributed by atoms with Crippen LogP contribution in [0.25, 0.3) is 0 Å². The first-order valence-electron chi connectivity index (χ1n) is 8.40. The molecule has 1 aliphatic rings. The Morgan fingerprint density at radius 3 is 2.73 bits per heavy atom. The fourth-order valence-corrected chi connectivity index (χ4v) is 2.63. The molecule has 138 valence electrons. The van der Waals surface area contributed by atoms with Crippen molar-refractivity contribution in [2.75, 3.05) is 19.8 Å². The molecule has 7 heteroatoms. The molecule has 0 spiro atoms. The van der Waals surface area contributed by atoms with Gasteiger partial charge in [0.25, 0.3) is 0 Å². The summed E-state index contributed by atoms with van der Waals surface area (Å²) in [5.41, 5.74) is 0.588. The van der Waals surface area contributed by atoms with E-state index < -0.39 is 11.6 Å². The summed E-state index contributed by atoms with van der Waals surface area (Å²) in [6.45, 7) is 2.08. The predicted molar refractivity (Wildman–Crippen MR) is 91.9 cm³/mol. The third kappa shape index (κ3) is 5.00. The van der Waals surface area contributed by atoms with Gasteiger partial charge in [0.2, 0.25) is 5.91 Å². The summed E-state index contributed by atoms with van der Waals surface area (Å²) < 4.78 is 38.3. The van der Waals surface area contributed by atoms with E-state index in [-0.39, 0.29) is 30.0 Å². The lowest BCUT2D eigenvalue weighted by Crippen LogP contribution is -2.44. The van der Waals surface area contributed by atoms with Crippen molar-refractivity contribution < 1.29 is 23.0 Å². The monoisotopic (exact) mass is 362 g/mol. The number of carbonyl (C=O) groups is 1. The molecule has 5 nitrogen and oxygen atoms in total. The van der Waals surface area contributed by atoms with Crippen molar-refractivity contribution in [3.63, 3.8) is 0 Å². The SMILES string of the molecule is O=C(CC1COCCN1)NCc1ccc(Oc2ccccc2F)c(F)c1. The second kappa shape index (κ2) is 8.73. The summed E-state index contributed by atoms with van der Waals surface area (Å²) in [7, 11) is 0. The molecule has 2 N–H and O–H groups in total. The van der Waals surface area contributed by atoms with Crippen LogP contribution >= 0.6 is 0 Å². The van der Waals surface area contributed by atoms with Crippen LogP contribution in [-0.2, 0) is 16.1 Å². The standard InChI is InChI=1S/C19H20F2N2O3/c20-15-3-1-2-4-17(15)26-18-6-5-13(9-16(18)21)11-23-19(24)10-14-12-25-8-7-22-14/h1-6,9,14,22H,7-8,10-12H2,(H,23,24). The molecule has 26 heavy (non-hydrogen) atoms. The molecule has 3 rings (SSSR count). The molecule has 1 atom stereocenters. The highest BCUT2D eigenvalue weighted by Gasteiger charge is 2.17. The summed E-state index contributed by atoms with van der Waals surface area (Å²) >= 11 is 0. The van der Waals surface area contributed by atoms with Crippen LogP contribution in [0.4, 0.5) is 8.78 Å². The number of nitrogens with one attached hydrogen (secondary N) is 2. The molecule has 0 saturated carbocycles. The predicted octanol–water partition coefficient (Wildman–Crippen LogP) is 2.75. The zero-order valence-corrected chi connectivity index (χ0v) is 14.1. The van der Waals surface area contributed by atoms with E-state index in [4.69, 9.17) is 9.47 Å². The number of para-hydroxylation sites is 1. The molecule has 0 aromatic heterocycles. The number of ether oxygens (including phenoxy) is 2. The first-order chi connectivity index (χ1) is 12.6. The van der Waals surface area contributed by atoms with Crippen molar-refractivity contribution >= 4 is 5.91 Å². The van der Waals surface area contributed by atoms with Gasteiger partial charge in [-0.3, -0.25) is 4.79 Å². The van der Waals surface area contributed by atoms with E-state index in [2.05, 4.69) is 10.6 Å². The van der Waals surface area contributed by atoms with Crippen LogP contribution in [0.1, 0.15) is 12.0 Å². The van der Waals surface area contributed by atoms with Gasteiger partial charge in [0.15, 0.2) is 23.1 Å². The lowest BCUT2D eigenvalue weighted by atomic mass is 10.1. The highest BCUT2D eigenvalue weighted by Crippen LogP contribution is 2.27. The zero-order chi connectivity index (χ0) is 18.4. The first kappa shape index (κ1) is 18.3. The van der Waals surface area contributed by atoms with Crippen molar-refractivity contribution in [2.24, 2.45) is 0 Å². The van der Waals surface area contributed by atoms with Crippen molar-refractivity contribution in [3.8, 4) is 11.5 Å². The van der Waals surface area contributed by atoms with Crippen molar-refractivity contribution in [2.45, 2.75) is 19.0 Å². The maximum Gasteiger partial charge on any atom is 0.221 e. The number of hydrogen-bond acceptors (Lipinski definition) is 4. The average Bonchev–Trinajstić information content (AvgIpc) is 2.64. The van der Waals surface area contributed by atoms with Crippen molar-refractivity contribution in [1.82, 2.24) is 10.6 Å². The maximum absolute atomic E-state index is 14.2. The minimum atomic E-state index is -0.623. The van der Waals surface area contributed by atoms with Crippen LogP contribution in [0, 0.1) is 11.6 Å². The Morgan fingerprint density at radius 2 is 2.00 bits per heavy atom. The largest absolute Gasteiger partial charge is 0.451 e. The van der Waals surface area contributed by atoms with Crippen molar-refractivity contribution in [3.05, 3.63) is 59.7 Å². The van der Waals surface area contributed by atoms with Gasteiger partial charge in [0.1, 0.15) is 0 Å². The Hall–Kier alpha value is -2.51. The summed E-state index contributed by atoms with van der Waals surface area (Å²) in [4.78, 5) is 11.9. The average molecular weight is 362 g/mol. The molecular weight excluding hydrogens is 342 g/mol. The highest BCUT2D eigenvalue weighted by atomic mass is 19.1. The van der Waals surface area contributed by atoms with Crippen LogP contribution in [0.2, 0.25) is 0 Å². The van der Waals surface area contributed by atoms with E-state index in [1.807, 2.05) is 0 Å². The fraction of sp³-hybridized carbons (Fsp3) is 0.316. The van der Waals surface area contributed by atoms with Gasteiger partial charge in [0.05, 0.1) is 13.2 Å². The van der Waals surface area contributed by atoms with E-state index >= 15 is 0 Å². The smallest absolute Gasteiger partial charge is 0.221 e. The summed E-state index contributed by atoms with van der Waals surface area (Å²) in [5.74, 6) is -1.45. The molecule has 2 aromatic carbocycles. The summed E-state index contributed by atoms with van der Waals surface area (Å²) in [6, 6.07) is 10.1. The number of carbonyl (C=O) groups excluding carboxylic acids is 1. The normalized spacial score (nSPS) is 16.9. The van der Waals surface area contributed by atoms with E-state index in [1.54, 1.807) is 12.1 Å². The molecule has 1 fully saturated rings. The molecule has 1 amide bonds. The molecular formula is C19H20F2N2O3. The Balaban J connectivity index is 1.54. The van der Waals surface area contributed by atoms with Gasteiger partial charge in [-0.05, 0) is 29.8 Å². The number of amides is 1. The number of hydrogen-bond donors (Lipinski definition) is 2. The van der Waals surface area contributed by atoms with Gasteiger partial charge in [-0.2, -0.15) is 0 Å². The molecule has 0 radical (unpaired) electrons. The second-order valence-electron chi connectivity index (χ2n) is 6.00. The zero-order valence-electron chi connectivity index (χ0n) is 14.1. The fourth-order valence-electron chi connectivity index (χ4n) is 2.63. The molecule has 0 aliphatic carbocycles. The lowest BCUT2D eigenvalue weighted by Gasteiger charge is -2.23. The molecule has 1 heterocycles. The summed E-state index contributed by atoms with van der Waals surface area (Å²) in [6.07, 6.45) is 0.303. The quantitative estimate of drug-likeness (QED) is 0.830. The van der Waals surface area contributed by atoms with E-state index in [0.717, 1.165) is 6.54 Å². The Labute approximate surface area is 150 Å². The molecule has 1 unspecified atom stereocenters. The van der Waals surface area contributed by atoms with E-state index in [9.17, 15) is 13.6 Å². The van der Waals surface area contributed by atoms with Gasteiger partial charge < -0.3 is 20.1 Å². The minimum Gasteiger partial charge on any atom is -0.451 e. The molecule has 0 bridgehead atoms. The van der Waals surface area contributed by atoms with E-state index in [0.29, 0.717) is 25.2 Å². The van der Waals surface area contributed by atoms with Gasteiger partial charge in [-0.25, -0.2) is 8.78 Å². The summed E-state index contributed by atoms with van der Waals surface area (Å²) in [5, 5.41) is 5.95. The molecule has 1 aliphatic heterocycles. The lowest BCUT2D eigenvalue weighted by molar-refractivity contribution is -0.122. The van der Waals surface area contributed by atoms with Gasteiger partial charge in [-0.15, -0.1) is 0 Å². The number of halogens is 2. The topological polar surface area (TPSA) is 59.6 Å². The molecule has 1 saturated heterocycles. The molecule has 2 aromatic rings. The van der Waals surface area contributed by atoms with Crippen LogP contribution in [0.3, 0.4) is 0 Å². The second-order valence-corrected chi connectivity index (χ2v) is 6.00. The van der Waals surface area contributed by atoms with Crippen LogP contribution < -0.4 is 15.4 Å². The third-order valence-corrected chi connectivity index (χ3v) is 3.97. The van der Waals surface area contributed by atoms with Gasteiger partial charge in [-0.1, -0.05) is 18.2 Å². The minimum absolute atomic E-state index is 0.00275. The van der Waals surface area contributed by atoms with Gasteiger partial charge >= 0.3 is 0 Å².